The molecular weight excluding hydrogens is 328 g/mol. The van der Waals surface area contributed by atoms with Crippen molar-refractivity contribution in [2.45, 2.75) is 33.3 Å². The maximum Gasteiger partial charge on any atom is 0.265 e. The van der Waals surface area contributed by atoms with E-state index < -0.39 is 6.10 Å². The normalized spacial score (nSPS) is 11.6. The SMILES string of the molecule is Cc1cccc(C)c1OC(C)C(=O)Nc1ccc(CC(=O)N(C)C)cc1. The molecule has 0 fully saturated rings. The van der Waals surface area contributed by atoms with E-state index in [1.807, 2.05) is 44.2 Å². The largest absolute Gasteiger partial charge is 0.480 e. The number of nitrogens with one attached hydrogen (secondary N) is 1. The van der Waals surface area contributed by atoms with Gasteiger partial charge in [0.25, 0.3) is 5.91 Å². The molecule has 26 heavy (non-hydrogen) atoms. The van der Waals surface area contributed by atoms with E-state index in [1.165, 1.54) is 0 Å². The average molecular weight is 354 g/mol. The van der Waals surface area contributed by atoms with Crippen LogP contribution in [-0.4, -0.2) is 36.9 Å². The molecule has 0 radical (unpaired) electrons. The highest BCUT2D eigenvalue weighted by molar-refractivity contribution is 5.94. The molecule has 2 rings (SSSR count). The van der Waals surface area contributed by atoms with E-state index in [4.69, 9.17) is 4.74 Å². The van der Waals surface area contributed by atoms with E-state index in [-0.39, 0.29) is 11.8 Å². The minimum atomic E-state index is -0.621. The summed E-state index contributed by atoms with van der Waals surface area (Å²) in [5.74, 6) is 0.565. The van der Waals surface area contributed by atoms with E-state index in [9.17, 15) is 9.59 Å². The predicted octanol–water partition coefficient (Wildman–Crippen LogP) is 3.34. The Labute approximate surface area is 155 Å². The zero-order chi connectivity index (χ0) is 19.3. The van der Waals surface area contributed by atoms with Crippen LogP contribution in [0.5, 0.6) is 5.75 Å². The molecule has 0 bridgehead atoms. The predicted molar refractivity (Wildman–Crippen MR) is 103 cm³/mol. The number of ether oxygens (including phenoxy) is 1. The van der Waals surface area contributed by atoms with Crippen molar-refractivity contribution in [3.63, 3.8) is 0 Å². The molecule has 0 aromatic heterocycles. The summed E-state index contributed by atoms with van der Waals surface area (Å²) >= 11 is 0. The number of benzene rings is 2. The summed E-state index contributed by atoms with van der Waals surface area (Å²) in [4.78, 5) is 25.7. The number of hydrogen-bond acceptors (Lipinski definition) is 3. The van der Waals surface area contributed by atoms with Gasteiger partial charge in [-0.3, -0.25) is 9.59 Å². The van der Waals surface area contributed by atoms with Crippen LogP contribution in [0.25, 0.3) is 0 Å². The number of carbonyl (C=O) groups excluding carboxylic acids is 2. The molecule has 5 nitrogen and oxygen atoms in total. The zero-order valence-corrected chi connectivity index (χ0v) is 16.0. The molecule has 2 aromatic rings. The highest BCUT2D eigenvalue weighted by Crippen LogP contribution is 2.24. The number of nitrogens with zero attached hydrogens (tertiary/aromatic N) is 1. The summed E-state index contributed by atoms with van der Waals surface area (Å²) in [5.41, 5.74) is 3.58. The fourth-order valence-electron chi connectivity index (χ4n) is 2.50. The molecule has 1 N–H and O–H groups in total. The molecule has 0 heterocycles. The molecule has 1 unspecified atom stereocenters. The van der Waals surface area contributed by atoms with Crippen LogP contribution in [0.3, 0.4) is 0 Å². The van der Waals surface area contributed by atoms with Crippen LogP contribution in [0.15, 0.2) is 42.5 Å². The molecule has 0 saturated carbocycles. The zero-order valence-electron chi connectivity index (χ0n) is 16.0. The Bertz CT molecular complexity index is 762. The first kappa shape index (κ1) is 19.5. The van der Waals surface area contributed by atoms with Gasteiger partial charge in [-0.25, -0.2) is 0 Å². The second-order valence-corrected chi connectivity index (χ2v) is 6.63. The van der Waals surface area contributed by atoms with E-state index in [2.05, 4.69) is 5.32 Å². The highest BCUT2D eigenvalue weighted by atomic mass is 16.5. The molecule has 2 aromatic carbocycles. The second kappa shape index (κ2) is 8.52. The number of aryl methyl sites for hydroxylation is 2. The van der Waals surface area contributed by atoms with Crippen molar-refractivity contribution >= 4 is 17.5 Å². The molecule has 0 aliphatic rings. The third-order valence-corrected chi connectivity index (χ3v) is 4.15. The lowest BCUT2D eigenvalue weighted by molar-refractivity contribution is -0.128. The average Bonchev–Trinajstić information content (AvgIpc) is 2.59. The van der Waals surface area contributed by atoms with Crippen LogP contribution in [0.4, 0.5) is 5.69 Å². The van der Waals surface area contributed by atoms with Crippen LogP contribution in [0, 0.1) is 13.8 Å². The molecular formula is C21H26N2O3. The second-order valence-electron chi connectivity index (χ2n) is 6.63. The number of hydrogen-bond donors (Lipinski definition) is 1. The number of carbonyl (C=O) groups is 2. The molecule has 5 heteroatoms. The van der Waals surface area contributed by atoms with Gasteiger partial charge in [0, 0.05) is 19.8 Å². The van der Waals surface area contributed by atoms with Crippen LogP contribution < -0.4 is 10.1 Å². The molecule has 1 atom stereocenters. The molecule has 0 saturated heterocycles. The van der Waals surface area contributed by atoms with Gasteiger partial charge >= 0.3 is 0 Å². The van der Waals surface area contributed by atoms with E-state index in [0.717, 1.165) is 22.4 Å². The molecule has 138 valence electrons. The Morgan fingerprint density at radius 3 is 2.15 bits per heavy atom. The highest BCUT2D eigenvalue weighted by Gasteiger charge is 2.17. The fraction of sp³-hybridized carbons (Fsp3) is 0.333. The number of likely N-dealkylation sites (N-methyl/N-ethyl adjacent to an activating group) is 1. The van der Waals surface area contributed by atoms with Crippen molar-refractivity contribution in [3.8, 4) is 5.75 Å². The van der Waals surface area contributed by atoms with Gasteiger partial charge in [-0.2, -0.15) is 0 Å². The lowest BCUT2D eigenvalue weighted by atomic mass is 10.1. The number of anilines is 1. The summed E-state index contributed by atoms with van der Waals surface area (Å²) in [7, 11) is 3.46. The van der Waals surface area contributed by atoms with Crippen molar-refractivity contribution in [1.82, 2.24) is 4.90 Å². The quantitative estimate of drug-likeness (QED) is 0.865. The van der Waals surface area contributed by atoms with E-state index >= 15 is 0 Å². The molecule has 0 spiro atoms. The van der Waals surface area contributed by atoms with Gasteiger partial charge in [-0.05, 0) is 49.6 Å². The molecule has 0 aliphatic heterocycles. The smallest absolute Gasteiger partial charge is 0.265 e. The summed E-state index contributed by atoms with van der Waals surface area (Å²) in [5, 5.41) is 2.84. The topological polar surface area (TPSA) is 58.6 Å². The Morgan fingerprint density at radius 1 is 1.04 bits per heavy atom. The Morgan fingerprint density at radius 2 is 1.62 bits per heavy atom. The summed E-state index contributed by atoms with van der Waals surface area (Å²) in [6.07, 6.45) is -0.280. The van der Waals surface area contributed by atoms with Gasteiger partial charge in [-0.15, -0.1) is 0 Å². The Balaban J connectivity index is 1.97. The lowest BCUT2D eigenvalue weighted by Gasteiger charge is -2.18. The number of para-hydroxylation sites is 1. The molecule has 0 aliphatic carbocycles. The van der Waals surface area contributed by atoms with Crippen LogP contribution in [-0.2, 0) is 16.0 Å². The van der Waals surface area contributed by atoms with Gasteiger partial charge in [-0.1, -0.05) is 30.3 Å². The Hall–Kier alpha value is -2.82. The fourth-order valence-corrected chi connectivity index (χ4v) is 2.50. The van der Waals surface area contributed by atoms with Gasteiger partial charge in [0.2, 0.25) is 5.91 Å². The van der Waals surface area contributed by atoms with Crippen molar-refractivity contribution in [2.24, 2.45) is 0 Å². The third-order valence-electron chi connectivity index (χ3n) is 4.15. The summed E-state index contributed by atoms with van der Waals surface area (Å²) in [6, 6.07) is 13.2. The maximum absolute atomic E-state index is 12.4. The van der Waals surface area contributed by atoms with Crippen molar-refractivity contribution in [2.75, 3.05) is 19.4 Å². The van der Waals surface area contributed by atoms with Crippen LogP contribution in [0.2, 0.25) is 0 Å². The Kier molecular flexibility index (Phi) is 6.39. The maximum atomic E-state index is 12.4. The van der Waals surface area contributed by atoms with Gasteiger partial charge in [0.15, 0.2) is 6.10 Å². The number of rotatable bonds is 6. The van der Waals surface area contributed by atoms with Crippen LogP contribution in [0.1, 0.15) is 23.6 Å². The first-order valence-corrected chi connectivity index (χ1v) is 8.60. The van der Waals surface area contributed by atoms with E-state index in [0.29, 0.717) is 12.1 Å². The van der Waals surface area contributed by atoms with Crippen molar-refractivity contribution < 1.29 is 14.3 Å². The minimum Gasteiger partial charge on any atom is -0.480 e. The molecule has 2 amide bonds. The first-order valence-electron chi connectivity index (χ1n) is 8.60. The summed E-state index contributed by atoms with van der Waals surface area (Å²) in [6.45, 7) is 5.65. The van der Waals surface area contributed by atoms with Crippen LogP contribution >= 0.6 is 0 Å². The first-order chi connectivity index (χ1) is 12.3. The lowest BCUT2D eigenvalue weighted by Crippen LogP contribution is -2.30. The van der Waals surface area contributed by atoms with Gasteiger partial charge in [0.05, 0.1) is 6.42 Å². The van der Waals surface area contributed by atoms with Gasteiger partial charge < -0.3 is 15.0 Å². The standard InChI is InChI=1S/C21H26N2O3/c1-14-7-6-8-15(2)20(14)26-16(3)21(25)22-18-11-9-17(10-12-18)13-19(24)23(4)5/h6-12,16H,13H2,1-5H3,(H,22,25). The van der Waals surface area contributed by atoms with Crippen molar-refractivity contribution in [3.05, 3.63) is 59.2 Å². The van der Waals surface area contributed by atoms with Crippen molar-refractivity contribution in [1.29, 1.82) is 0 Å². The van der Waals surface area contributed by atoms with E-state index in [1.54, 1.807) is 38.1 Å². The van der Waals surface area contributed by atoms with Gasteiger partial charge in [0.1, 0.15) is 5.75 Å². The third kappa shape index (κ3) is 5.09. The number of amides is 2. The minimum absolute atomic E-state index is 0.0393. The monoisotopic (exact) mass is 354 g/mol. The summed E-state index contributed by atoms with van der Waals surface area (Å²) < 4.78 is 5.85.